The molecule has 0 saturated heterocycles. The van der Waals surface area contributed by atoms with Crippen LogP contribution in [0.2, 0.25) is 5.02 Å². The van der Waals surface area contributed by atoms with Crippen LogP contribution in [-0.4, -0.2) is 24.8 Å². The minimum Gasteiger partial charge on any atom is -0.481 e. The van der Waals surface area contributed by atoms with E-state index in [1.165, 1.54) is 12.5 Å². The van der Waals surface area contributed by atoms with Gasteiger partial charge in [0.15, 0.2) is 18.1 Å². The molecule has 0 fully saturated rings. The third-order valence-corrected chi connectivity index (χ3v) is 4.50. The van der Waals surface area contributed by atoms with Gasteiger partial charge in [-0.3, -0.25) is 9.59 Å². The molecule has 0 aromatic heterocycles. The van der Waals surface area contributed by atoms with Gasteiger partial charge in [-0.2, -0.15) is 0 Å². The zero-order valence-corrected chi connectivity index (χ0v) is 14.9. The van der Waals surface area contributed by atoms with E-state index in [1.807, 2.05) is 18.2 Å². The highest BCUT2D eigenvalue weighted by atomic mass is 35.5. The van der Waals surface area contributed by atoms with Crippen LogP contribution in [0.25, 0.3) is 0 Å². The number of hydrogen-bond donors (Lipinski definition) is 0. The van der Waals surface area contributed by atoms with E-state index in [9.17, 15) is 9.59 Å². The minimum atomic E-state index is -0.128. The molecule has 0 radical (unpaired) electrons. The van der Waals surface area contributed by atoms with E-state index in [4.69, 9.17) is 16.3 Å². The Morgan fingerprint density at radius 1 is 1.20 bits per heavy atom. The number of amides is 1. The maximum Gasteiger partial charge on any atom is 0.265 e. The Bertz CT molecular complexity index is 789. The summed E-state index contributed by atoms with van der Waals surface area (Å²) < 4.78 is 5.52. The second-order valence-corrected chi connectivity index (χ2v) is 6.57. The summed E-state index contributed by atoms with van der Waals surface area (Å²) >= 11 is 6.13. The lowest BCUT2D eigenvalue weighted by Gasteiger charge is -2.30. The number of benzene rings is 2. The second kappa shape index (κ2) is 7.70. The van der Waals surface area contributed by atoms with Crippen LogP contribution in [0.4, 0.5) is 5.69 Å². The van der Waals surface area contributed by atoms with Gasteiger partial charge in [0.1, 0.15) is 0 Å². The second-order valence-electron chi connectivity index (χ2n) is 6.13. The van der Waals surface area contributed by atoms with Crippen molar-refractivity contribution < 1.29 is 14.3 Å². The van der Waals surface area contributed by atoms with Crippen molar-refractivity contribution in [1.29, 1.82) is 0 Å². The summed E-state index contributed by atoms with van der Waals surface area (Å²) in [5, 5.41) is 0.427. The first-order chi connectivity index (χ1) is 12.1. The van der Waals surface area contributed by atoms with Crippen LogP contribution >= 0.6 is 11.6 Å². The van der Waals surface area contributed by atoms with Gasteiger partial charge in [-0.1, -0.05) is 41.9 Å². The number of fused-ring (bicyclic) bond motifs is 1. The Hall–Kier alpha value is -2.33. The Morgan fingerprint density at radius 2 is 1.96 bits per heavy atom. The highest BCUT2D eigenvalue weighted by Crippen LogP contribution is 2.38. The van der Waals surface area contributed by atoms with Gasteiger partial charge < -0.3 is 9.64 Å². The summed E-state index contributed by atoms with van der Waals surface area (Å²) in [7, 11) is 0. The van der Waals surface area contributed by atoms with Gasteiger partial charge in [0.05, 0.1) is 11.3 Å². The zero-order valence-electron chi connectivity index (χ0n) is 14.1. The fourth-order valence-electron chi connectivity index (χ4n) is 3.03. The number of rotatable bonds is 6. The monoisotopic (exact) mass is 357 g/mol. The maximum atomic E-state index is 12.3. The predicted molar refractivity (Wildman–Crippen MR) is 98.7 cm³/mol. The number of nitrogens with zero attached hydrogens (tertiary/aromatic N) is 1. The summed E-state index contributed by atoms with van der Waals surface area (Å²) in [4.78, 5) is 25.8. The van der Waals surface area contributed by atoms with Crippen molar-refractivity contribution in [2.24, 2.45) is 0 Å². The first-order valence-electron chi connectivity index (χ1n) is 8.38. The summed E-state index contributed by atoms with van der Waals surface area (Å²) in [5.41, 5.74) is 2.30. The molecule has 1 amide bonds. The molecule has 5 heteroatoms. The smallest absolute Gasteiger partial charge is 0.265 e. The highest BCUT2D eigenvalue weighted by Gasteiger charge is 2.28. The molecular formula is C20H20ClNO3. The van der Waals surface area contributed by atoms with Crippen LogP contribution < -0.4 is 9.64 Å². The largest absolute Gasteiger partial charge is 0.481 e. The molecule has 1 heterocycles. The lowest BCUT2D eigenvalue weighted by Crippen LogP contribution is -2.40. The van der Waals surface area contributed by atoms with E-state index in [1.54, 1.807) is 17.0 Å². The van der Waals surface area contributed by atoms with Gasteiger partial charge in [-0.15, -0.1) is 0 Å². The third-order valence-electron chi connectivity index (χ3n) is 4.29. The lowest BCUT2D eigenvalue weighted by molar-refractivity contribution is -0.121. The van der Waals surface area contributed by atoms with Crippen LogP contribution in [-0.2, 0) is 11.2 Å². The third kappa shape index (κ3) is 4.02. The van der Waals surface area contributed by atoms with Crippen molar-refractivity contribution in [3.8, 4) is 5.75 Å². The molecular weight excluding hydrogens is 338 g/mol. The molecule has 25 heavy (non-hydrogen) atoms. The van der Waals surface area contributed by atoms with Gasteiger partial charge in [-0.05, 0) is 43.9 Å². The number of Topliss-reactive ketones (excluding diaryl/α,β-unsaturated/α-hetero) is 1. The minimum absolute atomic E-state index is 0.0480. The number of carbonyl (C=O) groups excluding carboxylic acids is 2. The van der Waals surface area contributed by atoms with Crippen molar-refractivity contribution in [2.45, 2.75) is 26.2 Å². The Kier molecular flexibility index (Phi) is 5.39. The molecule has 0 bridgehead atoms. The fourth-order valence-corrected chi connectivity index (χ4v) is 3.24. The van der Waals surface area contributed by atoms with E-state index in [0.29, 0.717) is 28.6 Å². The number of anilines is 1. The lowest BCUT2D eigenvalue weighted by atomic mass is 10.1. The van der Waals surface area contributed by atoms with Gasteiger partial charge >= 0.3 is 0 Å². The maximum absolute atomic E-state index is 12.3. The number of carbonyl (C=O) groups is 2. The molecule has 0 aliphatic carbocycles. The number of unbranched alkanes of at least 4 members (excludes halogenated alkanes) is 1. The Labute approximate surface area is 152 Å². The molecule has 1 aliphatic heterocycles. The van der Waals surface area contributed by atoms with E-state index >= 15 is 0 Å². The van der Waals surface area contributed by atoms with E-state index in [-0.39, 0.29) is 18.3 Å². The van der Waals surface area contributed by atoms with Crippen LogP contribution in [0.15, 0.2) is 42.5 Å². The van der Waals surface area contributed by atoms with E-state index < -0.39 is 0 Å². The molecule has 130 valence electrons. The van der Waals surface area contributed by atoms with Crippen molar-refractivity contribution in [1.82, 2.24) is 0 Å². The van der Waals surface area contributed by atoms with Gasteiger partial charge in [0, 0.05) is 11.6 Å². The molecule has 0 unspecified atom stereocenters. The number of halogens is 1. The number of ketones is 1. The molecule has 0 atom stereocenters. The van der Waals surface area contributed by atoms with Crippen LogP contribution in [0, 0.1) is 0 Å². The normalized spacial score (nSPS) is 13.4. The predicted octanol–water partition coefficient (Wildman–Crippen LogP) is 4.29. The van der Waals surface area contributed by atoms with Gasteiger partial charge in [-0.25, -0.2) is 0 Å². The van der Waals surface area contributed by atoms with Crippen molar-refractivity contribution in [3.63, 3.8) is 0 Å². The van der Waals surface area contributed by atoms with Crippen LogP contribution in [0.5, 0.6) is 5.75 Å². The molecule has 1 aliphatic rings. The first kappa shape index (κ1) is 17.5. The van der Waals surface area contributed by atoms with Crippen molar-refractivity contribution in [2.75, 3.05) is 18.1 Å². The zero-order chi connectivity index (χ0) is 17.8. The molecule has 0 N–H and O–H groups in total. The summed E-state index contributed by atoms with van der Waals surface area (Å²) in [6.45, 7) is 2.00. The fraction of sp³-hybridized carbons (Fsp3) is 0.300. The molecule has 3 rings (SSSR count). The average Bonchev–Trinajstić information content (AvgIpc) is 2.60. The molecule has 2 aromatic rings. The Morgan fingerprint density at radius 3 is 2.68 bits per heavy atom. The molecule has 2 aromatic carbocycles. The summed E-state index contributed by atoms with van der Waals surface area (Å²) in [6, 6.07) is 13.6. The summed E-state index contributed by atoms with van der Waals surface area (Å²) in [6.07, 6.45) is 2.81. The summed E-state index contributed by atoms with van der Waals surface area (Å²) in [5.74, 6) is 0.223. The van der Waals surface area contributed by atoms with E-state index in [2.05, 4.69) is 12.1 Å². The number of hydrogen-bond acceptors (Lipinski definition) is 3. The standard InChI is InChI=1S/C20H20ClNO3/c1-14(23)17-11-16(21)12-18-20(17)25-13-19(24)22(18)10-6-5-9-15-7-3-2-4-8-15/h2-4,7-8,11-12H,5-6,9-10,13H2,1H3. The first-order valence-corrected chi connectivity index (χ1v) is 8.75. The highest BCUT2D eigenvalue weighted by molar-refractivity contribution is 6.31. The quantitative estimate of drug-likeness (QED) is 0.572. The molecule has 4 nitrogen and oxygen atoms in total. The van der Waals surface area contributed by atoms with E-state index in [0.717, 1.165) is 19.3 Å². The number of ether oxygens (including phenoxy) is 1. The van der Waals surface area contributed by atoms with Gasteiger partial charge in [0.2, 0.25) is 0 Å². The van der Waals surface area contributed by atoms with Crippen molar-refractivity contribution in [3.05, 3.63) is 58.6 Å². The average molecular weight is 358 g/mol. The molecule has 0 spiro atoms. The SMILES string of the molecule is CC(=O)c1cc(Cl)cc2c1OCC(=O)N2CCCCc1ccccc1. The Balaban J connectivity index is 1.72. The van der Waals surface area contributed by atoms with Gasteiger partial charge in [0.25, 0.3) is 5.91 Å². The number of aryl methyl sites for hydroxylation is 1. The molecule has 0 saturated carbocycles. The van der Waals surface area contributed by atoms with Crippen LogP contribution in [0.1, 0.15) is 35.7 Å². The van der Waals surface area contributed by atoms with Crippen molar-refractivity contribution >= 4 is 29.0 Å². The van der Waals surface area contributed by atoms with Crippen LogP contribution in [0.3, 0.4) is 0 Å². The topological polar surface area (TPSA) is 46.6 Å².